The summed E-state index contributed by atoms with van der Waals surface area (Å²) in [5.74, 6) is 0.531. The van der Waals surface area contributed by atoms with Gasteiger partial charge in [-0.15, -0.1) is 11.3 Å². The summed E-state index contributed by atoms with van der Waals surface area (Å²) in [7, 11) is 0. The number of nitrogens with zero attached hydrogens (tertiary/aromatic N) is 3. The highest BCUT2D eigenvalue weighted by molar-refractivity contribution is 7.16. The topological polar surface area (TPSA) is 98.1 Å². The molecule has 7 heteroatoms. The first-order valence-corrected chi connectivity index (χ1v) is 7.03. The highest BCUT2D eigenvalue weighted by Gasteiger charge is 2.16. The minimum absolute atomic E-state index is 0.140. The molecule has 1 amide bonds. The minimum atomic E-state index is -0.378. The molecule has 0 saturated carbocycles. The van der Waals surface area contributed by atoms with E-state index in [4.69, 9.17) is 11.5 Å². The smallest absolute Gasteiger partial charge is 0.236 e. The van der Waals surface area contributed by atoms with Gasteiger partial charge >= 0.3 is 0 Å². The van der Waals surface area contributed by atoms with E-state index in [0.717, 1.165) is 29.6 Å². The Balaban J connectivity index is 2.41. The lowest BCUT2D eigenvalue weighted by Gasteiger charge is -2.22. The first-order valence-electron chi connectivity index (χ1n) is 6.15. The van der Waals surface area contributed by atoms with Crippen LogP contribution in [0.2, 0.25) is 0 Å². The fourth-order valence-electron chi connectivity index (χ4n) is 1.89. The van der Waals surface area contributed by atoms with Crippen LogP contribution < -0.4 is 16.4 Å². The van der Waals surface area contributed by atoms with Crippen LogP contribution in [0.4, 0.5) is 11.8 Å². The Morgan fingerprint density at radius 2 is 2.26 bits per heavy atom. The number of amides is 1. The second-order valence-electron chi connectivity index (χ2n) is 4.29. The van der Waals surface area contributed by atoms with Crippen LogP contribution in [0.3, 0.4) is 0 Å². The average molecular weight is 279 g/mol. The molecule has 0 atom stereocenters. The summed E-state index contributed by atoms with van der Waals surface area (Å²) in [5.41, 5.74) is 11.0. The Kier molecular flexibility index (Phi) is 4.16. The maximum absolute atomic E-state index is 11.2. The van der Waals surface area contributed by atoms with Crippen LogP contribution >= 0.6 is 11.3 Å². The van der Waals surface area contributed by atoms with Gasteiger partial charge in [-0.05, 0) is 17.9 Å². The monoisotopic (exact) mass is 279 g/mol. The van der Waals surface area contributed by atoms with Crippen molar-refractivity contribution in [1.82, 2.24) is 9.97 Å². The van der Waals surface area contributed by atoms with E-state index >= 15 is 0 Å². The third-order valence-corrected chi connectivity index (χ3v) is 3.56. The second kappa shape index (κ2) is 5.83. The quantitative estimate of drug-likeness (QED) is 0.832. The largest absolute Gasteiger partial charge is 0.368 e. The number of thiophene rings is 1. The van der Waals surface area contributed by atoms with Gasteiger partial charge in [0.15, 0.2) is 0 Å². The maximum atomic E-state index is 11.2. The molecule has 0 aliphatic heterocycles. The van der Waals surface area contributed by atoms with Gasteiger partial charge in [-0.1, -0.05) is 13.3 Å². The van der Waals surface area contributed by atoms with Gasteiger partial charge in [-0.3, -0.25) is 4.79 Å². The summed E-state index contributed by atoms with van der Waals surface area (Å²) in [6.45, 7) is 2.96. The van der Waals surface area contributed by atoms with Gasteiger partial charge in [0.1, 0.15) is 10.6 Å². The molecule has 102 valence electrons. The van der Waals surface area contributed by atoms with Crippen molar-refractivity contribution in [1.29, 1.82) is 0 Å². The number of unbranched alkanes of at least 4 members (excludes halogenated alkanes) is 1. The Bertz CT molecular complexity index is 583. The molecule has 0 bridgehead atoms. The molecule has 2 aromatic rings. The molecular weight excluding hydrogens is 262 g/mol. The summed E-state index contributed by atoms with van der Waals surface area (Å²) in [6, 6.07) is 1.94. The number of anilines is 2. The van der Waals surface area contributed by atoms with Crippen LogP contribution in [-0.4, -0.2) is 29.0 Å². The van der Waals surface area contributed by atoms with Gasteiger partial charge in [0, 0.05) is 6.54 Å². The van der Waals surface area contributed by atoms with Crippen LogP contribution in [0, 0.1) is 0 Å². The molecule has 0 aliphatic rings. The standard InChI is InChI=1S/C12H17N5OS/c1-2-3-5-17(7-9(13)18)10-8-4-6-19-11(8)16-12(14)15-10/h4,6H,2-3,5,7H2,1H3,(H2,13,18)(H2,14,15,16). The maximum Gasteiger partial charge on any atom is 0.236 e. The fourth-order valence-corrected chi connectivity index (χ4v) is 2.66. The zero-order valence-corrected chi connectivity index (χ0v) is 11.6. The molecule has 6 nitrogen and oxygen atoms in total. The van der Waals surface area contributed by atoms with Gasteiger partial charge in [0.05, 0.1) is 11.9 Å². The number of primary amides is 1. The molecule has 19 heavy (non-hydrogen) atoms. The summed E-state index contributed by atoms with van der Waals surface area (Å²) >= 11 is 1.50. The highest BCUT2D eigenvalue weighted by Crippen LogP contribution is 2.28. The van der Waals surface area contributed by atoms with Crippen molar-refractivity contribution in [2.75, 3.05) is 23.7 Å². The van der Waals surface area contributed by atoms with Crippen LogP contribution in [-0.2, 0) is 4.79 Å². The Morgan fingerprint density at radius 3 is 2.95 bits per heavy atom. The van der Waals surface area contributed by atoms with Crippen LogP contribution in [0.15, 0.2) is 11.4 Å². The third kappa shape index (κ3) is 3.11. The zero-order valence-electron chi connectivity index (χ0n) is 10.8. The predicted molar refractivity (Wildman–Crippen MR) is 78.1 cm³/mol. The van der Waals surface area contributed by atoms with Crippen LogP contribution in [0.25, 0.3) is 10.2 Å². The second-order valence-corrected chi connectivity index (χ2v) is 5.18. The van der Waals surface area contributed by atoms with E-state index in [1.807, 2.05) is 16.3 Å². The first kappa shape index (κ1) is 13.5. The molecule has 2 aromatic heterocycles. The third-order valence-electron chi connectivity index (χ3n) is 2.75. The summed E-state index contributed by atoms with van der Waals surface area (Å²) in [6.07, 6.45) is 1.99. The number of fused-ring (bicyclic) bond motifs is 1. The van der Waals surface area contributed by atoms with Gasteiger partial charge in [-0.2, -0.15) is 4.98 Å². The lowest BCUT2D eigenvalue weighted by Crippen LogP contribution is -2.35. The van der Waals surface area contributed by atoms with E-state index in [2.05, 4.69) is 16.9 Å². The van der Waals surface area contributed by atoms with Crippen molar-refractivity contribution in [3.05, 3.63) is 11.4 Å². The molecule has 0 aromatic carbocycles. The van der Waals surface area contributed by atoms with E-state index < -0.39 is 0 Å². The minimum Gasteiger partial charge on any atom is -0.368 e. The first-order chi connectivity index (χ1) is 9.11. The van der Waals surface area contributed by atoms with Crippen molar-refractivity contribution in [2.45, 2.75) is 19.8 Å². The number of carbonyl (C=O) groups is 1. The van der Waals surface area contributed by atoms with Crippen LogP contribution in [0.1, 0.15) is 19.8 Å². The van der Waals surface area contributed by atoms with Crippen LogP contribution in [0.5, 0.6) is 0 Å². The van der Waals surface area contributed by atoms with E-state index in [0.29, 0.717) is 5.82 Å². The van der Waals surface area contributed by atoms with E-state index in [1.54, 1.807) is 0 Å². The summed E-state index contributed by atoms with van der Waals surface area (Å²) in [5, 5.41) is 2.85. The molecule has 2 rings (SSSR count). The number of hydrogen-bond donors (Lipinski definition) is 2. The molecular formula is C12H17N5OS. The van der Waals surface area contributed by atoms with Gasteiger partial charge in [0.25, 0.3) is 0 Å². The van der Waals surface area contributed by atoms with E-state index in [1.165, 1.54) is 11.3 Å². The molecule has 0 saturated heterocycles. The normalized spacial score (nSPS) is 10.8. The Labute approximate surface area is 115 Å². The van der Waals surface area contributed by atoms with Gasteiger partial charge in [-0.25, -0.2) is 4.98 Å². The number of nitrogens with two attached hydrogens (primary N) is 2. The van der Waals surface area contributed by atoms with Crippen molar-refractivity contribution < 1.29 is 4.79 Å². The summed E-state index contributed by atoms with van der Waals surface area (Å²) in [4.78, 5) is 22.4. The van der Waals surface area contributed by atoms with Gasteiger partial charge < -0.3 is 16.4 Å². The van der Waals surface area contributed by atoms with Crippen molar-refractivity contribution in [3.8, 4) is 0 Å². The zero-order chi connectivity index (χ0) is 13.8. The molecule has 0 aliphatic carbocycles. The number of carbonyl (C=O) groups excluding carboxylic acids is 1. The highest BCUT2D eigenvalue weighted by atomic mass is 32.1. The SMILES string of the molecule is CCCCN(CC(N)=O)c1nc(N)nc2sccc12. The van der Waals surface area contributed by atoms with Crippen molar-refractivity contribution in [3.63, 3.8) is 0 Å². The average Bonchev–Trinajstić information content (AvgIpc) is 2.80. The molecule has 0 spiro atoms. The van der Waals surface area contributed by atoms with Gasteiger partial charge in [0.2, 0.25) is 11.9 Å². The summed E-state index contributed by atoms with van der Waals surface area (Å²) < 4.78 is 0. The molecule has 4 N–H and O–H groups in total. The Hall–Kier alpha value is -1.89. The Morgan fingerprint density at radius 1 is 1.47 bits per heavy atom. The number of nitrogen functional groups attached to an aromatic ring is 1. The molecule has 0 unspecified atom stereocenters. The molecule has 0 radical (unpaired) electrons. The van der Waals surface area contributed by atoms with E-state index in [-0.39, 0.29) is 18.4 Å². The van der Waals surface area contributed by atoms with Crippen molar-refractivity contribution >= 4 is 39.2 Å². The lowest BCUT2D eigenvalue weighted by molar-refractivity contribution is -0.116. The fraction of sp³-hybridized carbons (Fsp3) is 0.417. The predicted octanol–water partition coefficient (Wildman–Crippen LogP) is 1.37. The number of rotatable bonds is 6. The molecule has 0 fully saturated rings. The number of hydrogen-bond acceptors (Lipinski definition) is 6. The van der Waals surface area contributed by atoms with E-state index in [9.17, 15) is 4.79 Å². The lowest BCUT2D eigenvalue weighted by atomic mass is 10.2. The number of aromatic nitrogens is 2. The van der Waals surface area contributed by atoms with Crippen molar-refractivity contribution in [2.24, 2.45) is 5.73 Å². The molecule has 2 heterocycles.